The van der Waals surface area contributed by atoms with Crippen LogP contribution in [0.1, 0.15) is 30.9 Å². The number of nitrogens with one attached hydrogen (secondary N) is 2. The Bertz CT molecular complexity index is 1040. The topological polar surface area (TPSA) is 69.8 Å². The van der Waals surface area contributed by atoms with Gasteiger partial charge in [0.15, 0.2) is 0 Å². The fourth-order valence-corrected chi connectivity index (χ4v) is 4.00. The van der Waals surface area contributed by atoms with Gasteiger partial charge in [-0.3, -0.25) is 4.99 Å². The van der Waals surface area contributed by atoms with Crippen LogP contribution < -0.4 is 5.32 Å². The first-order valence-electron chi connectivity index (χ1n) is 11.0. The molecule has 0 aromatic heterocycles. The monoisotopic (exact) mass is 428 g/mol. The summed E-state index contributed by atoms with van der Waals surface area (Å²) in [4.78, 5) is 9.74. The van der Waals surface area contributed by atoms with E-state index in [1.807, 2.05) is 60.7 Å². The summed E-state index contributed by atoms with van der Waals surface area (Å²) in [6, 6.07) is 18.1. The molecular formula is C27H32N4O. The number of benzene rings is 2. The van der Waals surface area contributed by atoms with Crippen LogP contribution in [-0.4, -0.2) is 37.0 Å². The molecule has 0 bridgehead atoms. The van der Waals surface area contributed by atoms with Gasteiger partial charge < -0.3 is 15.5 Å². The van der Waals surface area contributed by atoms with Crippen molar-refractivity contribution in [2.75, 3.05) is 13.7 Å². The van der Waals surface area contributed by atoms with Crippen molar-refractivity contribution in [3.63, 3.8) is 0 Å². The van der Waals surface area contributed by atoms with Gasteiger partial charge >= 0.3 is 0 Å². The van der Waals surface area contributed by atoms with Crippen LogP contribution in [0.3, 0.4) is 0 Å². The van der Waals surface area contributed by atoms with Crippen LogP contribution >= 0.6 is 0 Å². The highest BCUT2D eigenvalue weighted by Crippen LogP contribution is 2.29. The zero-order chi connectivity index (χ0) is 23.0. The summed E-state index contributed by atoms with van der Waals surface area (Å²) in [5.41, 5.74) is 3.47. The largest absolute Gasteiger partial charge is 0.494 e. The van der Waals surface area contributed by atoms with E-state index in [4.69, 9.17) is 20.1 Å². The van der Waals surface area contributed by atoms with Crippen molar-refractivity contribution < 1.29 is 4.74 Å². The summed E-state index contributed by atoms with van der Waals surface area (Å²) in [6.07, 6.45) is 6.81. The predicted molar refractivity (Wildman–Crippen MR) is 134 cm³/mol. The predicted octanol–water partition coefficient (Wildman–Crippen LogP) is 5.64. The lowest BCUT2D eigenvalue weighted by molar-refractivity contribution is 0.305. The lowest BCUT2D eigenvalue weighted by Gasteiger charge is -2.34. The quantitative estimate of drug-likeness (QED) is 0.292. The fourth-order valence-electron chi connectivity index (χ4n) is 4.00. The molecule has 2 aromatic rings. The molecule has 5 heteroatoms. The van der Waals surface area contributed by atoms with Gasteiger partial charge in [-0.05, 0) is 37.6 Å². The van der Waals surface area contributed by atoms with E-state index >= 15 is 0 Å². The normalized spacial score (nSPS) is 19.7. The van der Waals surface area contributed by atoms with E-state index < -0.39 is 0 Å². The van der Waals surface area contributed by atoms with Crippen molar-refractivity contribution in [1.29, 1.82) is 5.41 Å². The molecule has 5 nitrogen and oxygen atoms in total. The molecule has 0 amide bonds. The van der Waals surface area contributed by atoms with E-state index in [2.05, 4.69) is 31.8 Å². The number of amidine groups is 1. The average molecular weight is 429 g/mol. The molecule has 0 fully saturated rings. The molecule has 2 atom stereocenters. The Morgan fingerprint density at radius 3 is 2.59 bits per heavy atom. The molecular weight excluding hydrogens is 396 g/mol. The number of hydrogen-bond acceptors (Lipinski definition) is 5. The van der Waals surface area contributed by atoms with Gasteiger partial charge in [0, 0.05) is 17.6 Å². The highest BCUT2D eigenvalue weighted by Gasteiger charge is 2.39. The number of rotatable bonds is 10. The van der Waals surface area contributed by atoms with Gasteiger partial charge in [-0.2, -0.15) is 0 Å². The van der Waals surface area contributed by atoms with Gasteiger partial charge in [-0.1, -0.05) is 61.5 Å². The van der Waals surface area contributed by atoms with E-state index in [0.29, 0.717) is 18.7 Å². The van der Waals surface area contributed by atoms with Crippen LogP contribution in [0.25, 0.3) is 0 Å². The highest BCUT2D eigenvalue weighted by atomic mass is 16.5. The van der Waals surface area contributed by atoms with Crippen molar-refractivity contribution >= 4 is 23.4 Å². The van der Waals surface area contributed by atoms with Crippen LogP contribution in [0.5, 0.6) is 0 Å². The van der Waals surface area contributed by atoms with Crippen molar-refractivity contribution in [2.24, 2.45) is 15.9 Å². The summed E-state index contributed by atoms with van der Waals surface area (Å²) >= 11 is 0. The molecule has 0 spiro atoms. The number of hydrogen-bond donors (Lipinski definition) is 2. The molecule has 1 aliphatic heterocycles. The first-order chi connectivity index (χ1) is 15.6. The van der Waals surface area contributed by atoms with E-state index in [1.165, 1.54) is 6.21 Å². The third kappa shape index (κ3) is 5.05. The highest BCUT2D eigenvalue weighted by molar-refractivity contribution is 6.15. The average Bonchev–Trinajstić information content (AvgIpc) is 3.25. The van der Waals surface area contributed by atoms with Crippen LogP contribution in [0.4, 0.5) is 5.69 Å². The molecule has 0 saturated heterocycles. The third-order valence-corrected chi connectivity index (χ3v) is 6.02. The number of aliphatic imine (C=N–C) groups is 2. The SMILES string of the molecule is C=CC(CC=N)C1(CC)CN=C(/C=C(\OC)C(=Nc2ccccc2C)c2ccccc2)N1. The maximum atomic E-state index is 7.55. The Labute approximate surface area is 191 Å². The maximum absolute atomic E-state index is 7.55. The molecule has 166 valence electrons. The third-order valence-electron chi connectivity index (χ3n) is 6.02. The number of methoxy groups -OCH3 is 1. The first-order valence-corrected chi connectivity index (χ1v) is 11.0. The second kappa shape index (κ2) is 10.7. The Morgan fingerprint density at radius 2 is 1.97 bits per heavy atom. The number of nitrogens with zero attached hydrogens (tertiary/aromatic N) is 2. The second-order valence-electron chi connectivity index (χ2n) is 7.94. The Morgan fingerprint density at radius 1 is 1.25 bits per heavy atom. The van der Waals surface area contributed by atoms with Crippen LogP contribution in [0, 0.1) is 18.3 Å². The number of para-hydroxylation sites is 1. The van der Waals surface area contributed by atoms with Crippen LogP contribution in [0.15, 0.2) is 89.1 Å². The van der Waals surface area contributed by atoms with Crippen LogP contribution in [0.2, 0.25) is 0 Å². The molecule has 1 aliphatic rings. The minimum Gasteiger partial charge on any atom is -0.494 e. The molecule has 2 aromatic carbocycles. The van der Waals surface area contributed by atoms with E-state index in [0.717, 1.165) is 34.8 Å². The maximum Gasteiger partial charge on any atom is 0.148 e. The fraction of sp³-hybridized carbons (Fsp3) is 0.296. The number of aryl methyl sites for hydroxylation is 1. The lowest BCUT2D eigenvalue weighted by Crippen LogP contribution is -2.50. The van der Waals surface area contributed by atoms with E-state index in [9.17, 15) is 0 Å². The van der Waals surface area contributed by atoms with Gasteiger partial charge in [0.1, 0.15) is 17.3 Å². The Balaban J connectivity index is 2.00. The minimum atomic E-state index is -0.246. The molecule has 3 rings (SSSR count). The molecule has 1 heterocycles. The van der Waals surface area contributed by atoms with Gasteiger partial charge in [0.2, 0.25) is 0 Å². The smallest absolute Gasteiger partial charge is 0.148 e. The summed E-state index contributed by atoms with van der Waals surface area (Å²) in [5.74, 6) is 1.52. The summed E-state index contributed by atoms with van der Waals surface area (Å²) in [6.45, 7) is 8.81. The van der Waals surface area contributed by atoms with Gasteiger partial charge in [0.25, 0.3) is 0 Å². The van der Waals surface area contributed by atoms with E-state index in [1.54, 1.807) is 7.11 Å². The van der Waals surface area contributed by atoms with Crippen molar-refractivity contribution in [3.05, 3.63) is 90.2 Å². The van der Waals surface area contributed by atoms with Gasteiger partial charge in [-0.25, -0.2) is 4.99 Å². The zero-order valence-electron chi connectivity index (χ0n) is 19.1. The first kappa shape index (κ1) is 23.2. The number of allylic oxidation sites excluding steroid dienone is 1. The summed E-state index contributed by atoms with van der Waals surface area (Å²) in [5, 5.41) is 11.1. The van der Waals surface area contributed by atoms with Gasteiger partial charge in [-0.15, -0.1) is 6.58 Å². The molecule has 0 aliphatic carbocycles. The molecule has 0 saturated carbocycles. The lowest BCUT2D eigenvalue weighted by atomic mass is 9.80. The Hall–Kier alpha value is -3.47. The summed E-state index contributed by atoms with van der Waals surface area (Å²) < 4.78 is 5.83. The molecule has 2 unspecified atom stereocenters. The molecule has 0 radical (unpaired) electrons. The standard InChI is InChI=1S/C27H32N4O/c1-5-22(16-17-28)27(6-2)19-29-25(31-27)18-24(32-4)26(21-13-8-7-9-14-21)30-23-15-11-10-12-20(23)3/h5,7-15,17-18,22,28H,1,6,16,19H2,2-4H3,(H,29,31)/b24-18-,28-17?,30-26?. The molecule has 32 heavy (non-hydrogen) atoms. The van der Waals surface area contributed by atoms with Gasteiger partial charge in [0.05, 0.1) is 24.9 Å². The molecule has 2 N–H and O–H groups in total. The zero-order valence-corrected chi connectivity index (χ0v) is 19.1. The van der Waals surface area contributed by atoms with E-state index in [-0.39, 0.29) is 11.5 Å². The summed E-state index contributed by atoms with van der Waals surface area (Å²) in [7, 11) is 1.66. The minimum absolute atomic E-state index is 0.125. The number of ether oxygens (including phenoxy) is 1. The van der Waals surface area contributed by atoms with Crippen molar-refractivity contribution in [1.82, 2.24) is 5.32 Å². The van der Waals surface area contributed by atoms with Crippen molar-refractivity contribution in [2.45, 2.75) is 32.2 Å². The second-order valence-corrected chi connectivity index (χ2v) is 7.94. The Kier molecular flexibility index (Phi) is 7.77. The van der Waals surface area contributed by atoms with Crippen LogP contribution in [-0.2, 0) is 4.74 Å². The van der Waals surface area contributed by atoms with Crippen molar-refractivity contribution in [3.8, 4) is 0 Å².